The molecule has 9 nitrogen and oxygen atoms in total. The maximum atomic E-state index is 14.8. The number of rotatable bonds is 5. The van der Waals surface area contributed by atoms with Crippen LogP contribution < -0.4 is 0 Å². The molecule has 1 N–H and O–H groups in total. The highest BCUT2D eigenvalue weighted by molar-refractivity contribution is 7.90. The normalized spacial score (nSPS) is 22.6. The summed E-state index contributed by atoms with van der Waals surface area (Å²) in [7, 11) is -4.05. The summed E-state index contributed by atoms with van der Waals surface area (Å²) in [5.41, 5.74) is -0.851. The van der Waals surface area contributed by atoms with Crippen LogP contribution in [-0.4, -0.2) is 75.6 Å². The molecule has 3 heterocycles. The van der Waals surface area contributed by atoms with Crippen LogP contribution in [0.1, 0.15) is 50.2 Å². The minimum absolute atomic E-state index is 0.00500. The molecule has 39 heavy (non-hydrogen) atoms. The predicted molar refractivity (Wildman–Crippen MR) is 127 cm³/mol. The van der Waals surface area contributed by atoms with E-state index in [2.05, 4.69) is 4.98 Å². The molecule has 2 aromatic rings. The topological polar surface area (TPSA) is 105 Å². The van der Waals surface area contributed by atoms with Crippen molar-refractivity contribution in [2.45, 2.75) is 81.9 Å². The minimum atomic E-state index is -4.70. The number of halogens is 5. The van der Waals surface area contributed by atoms with Gasteiger partial charge in [-0.3, -0.25) is 9.80 Å². The van der Waals surface area contributed by atoms with Crippen molar-refractivity contribution >= 4 is 15.9 Å². The predicted octanol–water partition coefficient (Wildman–Crippen LogP) is 4.12. The lowest BCUT2D eigenvalue weighted by molar-refractivity contribution is -0.142. The Balaban J connectivity index is 1.68. The van der Waals surface area contributed by atoms with Gasteiger partial charge in [0, 0.05) is 36.5 Å². The van der Waals surface area contributed by atoms with Crippen LogP contribution in [0.5, 0.6) is 0 Å². The molecule has 4 rings (SSSR count). The van der Waals surface area contributed by atoms with Crippen molar-refractivity contribution in [1.82, 2.24) is 19.4 Å². The van der Waals surface area contributed by atoms with Gasteiger partial charge in [-0.15, -0.1) is 0 Å². The zero-order chi connectivity index (χ0) is 29.1. The van der Waals surface area contributed by atoms with Crippen LogP contribution in [-0.2, 0) is 34.2 Å². The van der Waals surface area contributed by atoms with Crippen LogP contribution in [0.25, 0.3) is 0 Å². The third-order valence-corrected chi connectivity index (χ3v) is 7.84. The number of carbonyl (C=O) groups is 1. The summed E-state index contributed by atoms with van der Waals surface area (Å²) in [6.45, 7) is 3.26. The van der Waals surface area contributed by atoms with E-state index in [0.29, 0.717) is 4.57 Å². The molecule has 2 aliphatic rings. The fraction of sp³-hybridized carbons (Fsp3) is 0.583. The van der Waals surface area contributed by atoms with E-state index >= 15 is 0 Å². The fourth-order valence-electron chi connectivity index (χ4n) is 5.39. The maximum Gasteiger partial charge on any atom is 0.408 e. The summed E-state index contributed by atoms with van der Waals surface area (Å²) < 4.78 is 99.6. The molecule has 216 valence electrons. The van der Waals surface area contributed by atoms with E-state index < -0.39 is 69.2 Å². The molecule has 1 fully saturated rings. The number of fused-ring (bicyclic) bond motifs is 1. The molecule has 0 radical (unpaired) electrons. The number of carboxylic acid groups (broad SMARTS) is 1. The van der Waals surface area contributed by atoms with Crippen LogP contribution in [0, 0.1) is 11.6 Å². The van der Waals surface area contributed by atoms with Gasteiger partial charge in [-0.25, -0.2) is 27.0 Å². The number of aromatic nitrogens is 2. The largest absolute Gasteiger partial charge is 0.465 e. The molecule has 1 amide bonds. The first-order chi connectivity index (χ1) is 17.9. The van der Waals surface area contributed by atoms with E-state index in [-0.39, 0.29) is 43.1 Å². The summed E-state index contributed by atoms with van der Waals surface area (Å²) in [5, 5.41) is 9.40. The first-order valence-electron chi connectivity index (χ1n) is 12.0. The second kappa shape index (κ2) is 10.0. The molecule has 3 atom stereocenters. The summed E-state index contributed by atoms with van der Waals surface area (Å²) in [6, 6.07) is 1.31. The molecule has 0 aliphatic carbocycles. The summed E-state index contributed by atoms with van der Waals surface area (Å²) in [4.78, 5) is 19.2. The third-order valence-electron chi connectivity index (χ3n) is 6.87. The van der Waals surface area contributed by atoms with E-state index in [0.717, 1.165) is 29.4 Å². The molecule has 2 aliphatic heterocycles. The summed E-state index contributed by atoms with van der Waals surface area (Å²) in [5.74, 6) is -1.49. The fourth-order valence-corrected chi connectivity index (χ4v) is 6.24. The van der Waals surface area contributed by atoms with Crippen molar-refractivity contribution < 1.29 is 45.0 Å². The highest BCUT2D eigenvalue weighted by atomic mass is 32.2. The van der Waals surface area contributed by atoms with E-state index in [4.69, 9.17) is 4.74 Å². The Morgan fingerprint density at radius 1 is 1.21 bits per heavy atom. The molecular weight excluding hydrogens is 551 g/mol. The number of imidazole rings is 1. The van der Waals surface area contributed by atoms with E-state index in [1.807, 2.05) is 0 Å². The van der Waals surface area contributed by atoms with Crippen molar-refractivity contribution in [1.29, 1.82) is 0 Å². The molecule has 1 aromatic heterocycles. The van der Waals surface area contributed by atoms with Gasteiger partial charge in [-0.05, 0) is 45.4 Å². The number of hydrogen-bond acceptors (Lipinski definition) is 6. The average Bonchev–Trinajstić information content (AvgIpc) is 3.33. The van der Waals surface area contributed by atoms with Crippen LogP contribution in [0.4, 0.5) is 26.7 Å². The van der Waals surface area contributed by atoms with Gasteiger partial charge in [0.05, 0.1) is 24.0 Å². The standard InChI is InChI=1S/C24H29F5N4O5S/c1-23(2,3)33(22(34)35)18-8-14(11-38-20(18)15-7-13(25)5-6-16(15)26)31-9-17-19(10-31)32(12-24(27,28)29)21(30-17)39(4,36)37/h5-7,14,18,20H,8-12H2,1-4H3,(H,34,35)/t14-,18+,20-/m1/s1. The number of hydrogen-bond donors (Lipinski definition) is 1. The van der Waals surface area contributed by atoms with Crippen molar-refractivity contribution in [2.24, 2.45) is 0 Å². The highest BCUT2D eigenvalue weighted by Gasteiger charge is 2.46. The van der Waals surface area contributed by atoms with Crippen LogP contribution in [0.2, 0.25) is 0 Å². The number of nitrogens with zero attached hydrogens (tertiary/aromatic N) is 4. The average molecular weight is 581 g/mol. The number of alkyl halides is 3. The summed E-state index contributed by atoms with van der Waals surface area (Å²) >= 11 is 0. The lowest BCUT2D eigenvalue weighted by atomic mass is 9.88. The zero-order valence-electron chi connectivity index (χ0n) is 21.7. The van der Waals surface area contributed by atoms with Gasteiger partial charge in [-0.1, -0.05) is 0 Å². The van der Waals surface area contributed by atoms with Crippen molar-refractivity contribution in [3.05, 3.63) is 46.8 Å². The summed E-state index contributed by atoms with van der Waals surface area (Å²) in [6.07, 6.45) is -6.28. The monoisotopic (exact) mass is 580 g/mol. The van der Waals surface area contributed by atoms with Crippen molar-refractivity contribution in [3.8, 4) is 0 Å². The molecule has 1 saturated heterocycles. The van der Waals surface area contributed by atoms with Gasteiger partial charge in [-0.2, -0.15) is 13.2 Å². The van der Waals surface area contributed by atoms with Crippen LogP contribution in [0.15, 0.2) is 23.4 Å². The highest BCUT2D eigenvalue weighted by Crippen LogP contribution is 2.40. The first kappa shape index (κ1) is 29.2. The quantitative estimate of drug-likeness (QED) is 0.531. The number of benzene rings is 1. The van der Waals surface area contributed by atoms with Gasteiger partial charge < -0.3 is 14.4 Å². The molecular formula is C24H29F5N4O5S. The Morgan fingerprint density at radius 2 is 1.87 bits per heavy atom. The smallest absolute Gasteiger partial charge is 0.408 e. The second-order valence-electron chi connectivity index (χ2n) is 10.9. The number of amides is 1. The Kier molecular flexibility index (Phi) is 7.49. The first-order valence-corrected chi connectivity index (χ1v) is 13.9. The molecule has 1 aromatic carbocycles. The minimum Gasteiger partial charge on any atom is -0.465 e. The molecule has 0 saturated carbocycles. The van der Waals surface area contributed by atoms with Gasteiger partial charge in [0.15, 0.2) is 0 Å². The van der Waals surface area contributed by atoms with E-state index in [9.17, 15) is 40.3 Å². The number of ether oxygens (including phenoxy) is 1. The lowest BCUT2D eigenvalue weighted by Crippen LogP contribution is -2.58. The van der Waals surface area contributed by atoms with Gasteiger partial charge in [0.2, 0.25) is 15.0 Å². The SMILES string of the molecule is CC(C)(C)N(C(=O)O)[C@H]1C[C@@H](N2Cc3nc(S(C)(=O)=O)n(CC(F)(F)F)c3C2)CO[C@@H]1c1cc(F)ccc1F. The van der Waals surface area contributed by atoms with Crippen molar-refractivity contribution in [2.75, 3.05) is 12.9 Å². The number of sulfone groups is 1. The van der Waals surface area contributed by atoms with Crippen molar-refractivity contribution in [3.63, 3.8) is 0 Å². The van der Waals surface area contributed by atoms with Crippen LogP contribution >= 0.6 is 0 Å². The molecule has 0 unspecified atom stereocenters. The Morgan fingerprint density at radius 3 is 2.44 bits per heavy atom. The second-order valence-corrected chi connectivity index (χ2v) is 12.8. The zero-order valence-corrected chi connectivity index (χ0v) is 22.5. The molecule has 0 spiro atoms. The Hall–Kier alpha value is -2.78. The lowest BCUT2D eigenvalue weighted by Gasteiger charge is -2.48. The van der Waals surface area contributed by atoms with E-state index in [1.54, 1.807) is 25.7 Å². The van der Waals surface area contributed by atoms with Gasteiger partial charge >= 0.3 is 12.3 Å². The van der Waals surface area contributed by atoms with E-state index in [1.165, 1.54) is 0 Å². The third kappa shape index (κ3) is 6.04. The van der Waals surface area contributed by atoms with Crippen LogP contribution in [0.3, 0.4) is 0 Å². The molecule has 0 bridgehead atoms. The Bertz CT molecular complexity index is 1370. The molecule has 15 heteroatoms. The Labute approximate surface area is 222 Å². The van der Waals surface area contributed by atoms with Gasteiger partial charge in [0.1, 0.15) is 24.3 Å². The maximum absolute atomic E-state index is 14.8. The van der Waals surface area contributed by atoms with Gasteiger partial charge in [0.25, 0.3) is 0 Å².